The third-order valence-corrected chi connectivity index (χ3v) is 1.77. The van der Waals surface area contributed by atoms with Crippen molar-refractivity contribution in [3.05, 3.63) is 0 Å². The van der Waals surface area contributed by atoms with Crippen LogP contribution in [0.1, 0.15) is 6.42 Å². The molecule has 0 aliphatic carbocycles. The van der Waals surface area contributed by atoms with Crippen molar-refractivity contribution >= 4 is 0 Å². The van der Waals surface area contributed by atoms with Gasteiger partial charge in [0, 0.05) is 13.5 Å². The number of aliphatic hydroxyl groups excluding tert-OH is 2. The summed E-state index contributed by atoms with van der Waals surface area (Å²) < 4.78 is 9.84. The molecule has 0 aromatic carbocycles. The van der Waals surface area contributed by atoms with E-state index in [9.17, 15) is 5.11 Å². The van der Waals surface area contributed by atoms with Gasteiger partial charge in [-0.05, 0) is 0 Å². The standard InChI is InChI=1S/C7H14O4/c1-10-4-6(9)7-2-5(8)3-11-7/h5-9H,2-4H2,1H3. The fraction of sp³-hybridized carbons (Fsp3) is 1.00. The quantitative estimate of drug-likeness (QED) is 0.567. The van der Waals surface area contributed by atoms with Crippen molar-refractivity contribution in [1.29, 1.82) is 0 Å². The van der Waals surface area contributed by atoms with Crippen molar-refractivity contribution in [2.45, 2.75) is 24.7 Å². The van der Waals surface area contributed by atoms with Crippen molar-refractivity contribution in [2.75, 3.05) is 20.3 Å². The SMILES string of the molecule is COCC(O)C1CC(O)CO1. The van der Waals surface area contributed by atoms with Crippen LogP contribution in [0.25, 0.3) is 0 Å². The Balaban J connectivity index is 2.25. The van der Waals surface area contributed by atoms with Gasteiger partial charge in [-0.1, -0.05) is 0 Å². The highest BCUT2D eigenvalue weighted by Crippen LogP contribution is 2.16. The zero-order chi connectivity index (χ0) is 8.27. The lowest BCUT2D eigenvalue weighted by molar-refractivity contribution is -0.0386. The molecule has 4 heteroatoms. The van der Waals surface area contributed by atoms with Gasteiger partial charge in [0.2, 0.25) is 0 Å². The summed E-state index contributed by atoms with van der Waals surface area (Å²) in [6, 6.07) is 0. The molecule has 0 saturated carbocycles. The minimum atomic E-state index is -0.614. The summed E-state index contributed by atoms with van der Waals surface area (Å²) in [7, 11) is 1.52. The topological polar surface area (TPSA) is 58.9 Å². The van der Waals surface area contributed by atoms with Gasteiger partial charge in [-0.3, -0.25) is 0 Å². The molecule has 1 rings (SSSR count). The van der Waals surface area contributed by atoms with E-state index in [1.54, 1.807) is 0 Å². The Bertz CT molecular complexity index is 117. The van der Waals surface area contributed by atoms with E-state index >= 15 is 0 Å². The Labute approximate surface area is 65.7 Å². The first kappa shape index (κ1) is 8.93. The monoisotopic (exact) mass is 162 g/mol. The van der Waals surface area contributed by atoms with Gasteiger partial charge < -0.3 is 19.7 Å². The molecule has 1 aliphatic heterocycles. The highest BCUT2D eigenvalue weighted by Gasteiger charge is 2.29. The maximum Gasteiger partial charge on any atom is 0.103 e. The molecule has 3 atom stereocenters. The zero-order valence-electron chi connectivity index (χ0n) is 6.56. The van der Waals surface area contributed by atoms with Crippen LogP contribution in [0.3, 0.4) is 0 Å². The highest BCUT2D eigenvalue weighted by molar-refractivity contribution is 4.78. The van der Waals surface area contributed by atoms with Crippen LogP contribution in [-0.2, 0) is 9.47 Å². The fourth-order valence-corrected chi connectivity index (χ4v) is 1.19. The van der Waals surface area contributed by atoms with E-state index in [0.29, 0.717) is 13.0 Å². The molecule has 0 aromatic rings. The molecule has 0 bridgehead atoms. The Morgan fingerprint density at radius 1 is 1.73 bits per heavy atom. The van der Waals surface area contributed by atoms with E-state index in [4.69, 9.17) is 14.6 Å². The number of hydrogen-bond acceptors (Lipinski definition) is 4. The van der Waals surface area contributed by atoms with Crippen LogP contribution in [0.15, 0.2) is 0 Å². The number of ether oxygens (including phenoxy) is 2. The van der Waals surface area contributed by atoms with E-state index in [2.05, 4.69) is 0 Å². The second-order valence-corrected chi connectivity index (χ2v) is 2.78. The molecule has 66 valence electrons. The van der Waals surface area contributed by atoms with Gasteiger partial charge in [0.25, 0.3) is 0 Å². The second kappa shape index (κ2) is 4.01. The molecular weight excluding hydrogens is 148 g/mol. The van der Waals surface area contributed by atoms with Gasteiger partial charge >= 0.3 is 0 Å². The zero-order valence-corrected chi connectivity index (χ0v) is 6.56. The summed E-state index contributed by atoms with van der Waals surface area (Å²) in [4.78, 5) is 0. The molecule has 0 spiro atoms. The van der Waals surface area contributed by atoms with Crippen LogP contribution in [0, 0.1) is 0 Å². The highest BCUT2D eigenvalue weighted by atomic mass is 16.5. The van der Waals surface area contributed by atoms with E-state index in [1.807, 2.05) is 0 Å². The number of methoxy groups -OCH3 is 1. The van der Waals surface area contributed by atoms with Crippen LogP contribution in [0.2, 0.25) is 0 Å². The molecule has 3 unspecified atom stereocenters. The second-order valence-electron chi connectivity index (χ2n) is 2.78. The Hall–Kier alpha value is -0.160. The summed E-state index contributed by atoms with van der Waals surface area (Å²) in [6.45, 7) is 0.586. The summed E-state index contributed by atoms with van der Waals surface area (Å²) >= 11 is 0. The van der Waals surface area contributed by atoms with E-state index in [-0.39, 0.29) is 12.7 Å². The first-order valence-corrected chi connectivity index (χ1v) is 3.70. The molecule has 1 aliphatic rings. The van der Waals surface area contributed by atoms with Gasteiger partial charge in [0.05, 0.1) is 25.4 Å². The van der Waals surface area contributed by atoms with Gasteiger partial charge in [-0.25, -0.2) is 0 Å². The predicted octanol–water partition coefficient (Wildman–Crippen LogP) is -0.857. The number of aliphatic hydroxyl groups is 2. The minimum absolute atomic E-state index is 0.259. The van der Waals surface area contributed by atoms with E-state index in [0.717, 1.165) is 0 Å². The molecule has 11 heavy (non-hydrogen) atoms. The Morgan fingerprint density at radius 3 is 2.91 bits per heavy atom. The molecule has 1 fully saturated rings. The average molecular weight is 162 g/mol. The normalized spacial score (nSPS) is 34.1. The third-order valence-electron chi connectivity index (χ3n) is 1.77. The molecule has 0 radical (unpaired) electrons. The molecule has 0 aromatic heterocycles. The van der Waals surface area contributed by atoms with Crippen molar-refractivity contribution < 1.29 is 19.7 Å². The summed E-state index contributed by atoms with van der Waals surface area (Å²) in [5.74, 6) is 0. The van der Waals surface area contributed by atoms with Crippen molar-refractivity contribution in [3.63, 3.8) is 0 Å². The van der Waals surface area contributed by atoms with Gasteiger partial charge in [-0.15, -0.1) is 0 Å². The van der Waals surface area contributed by atoms with Gasteiger partial charge in [0.1, 0.15) is 6.10 Å². The van der Waals surface area contributed by atoms with E-state index in [1.165, 1.54) is 7.11 Å². The predicted molar refractivity (Wildman–Crippen MR) is 38.2 cm³/mol. The average Bonchev–Trinajstić information content (AvgIpc) is 2.36. The number of rotatable bonds is 3. The number of hydrogen-bond donors (Lipinski definition) is 2. The van der Waals surface area contributed by atoms with Crippen LogP contribution >= 0.6 is 0 Å². The molecule has 1 saturated heterocycles. The lowest BCUT2D eigenvalue weighted by Gasteiger charge is -2.15. The fourth-order valence-electron chi connectivity index (χ4n) is 1.19. The lowest BCUT2D eigenvalue weighted by atomic mass is 10.1. The lowest BCUT2D eigenvalue weighted by Crippen LogP contribution is -2.29. The minimum Gasteiger partial charge on any atom is -0.391 e. The molecule has 0 amide bonds. The first-order valence-electron chi connectivity index (χ1n) is 3.70. The summed E-state index contributed by atoms with van der Waals surface area (Å²) in [6.07, 6.45) is -0.793. The third kappa shape index (κ3) is 2.41. The molecule has 4 nitrogen and oxygen atoms in total. The first-order chi connectivity index (χ1) is 5.24. The summed E-state index contributed by atoms with van der Waals surface area (Å²) in [5, 5.41) is 18.3. The smallest absolute Gasteiger partial charge is 0.103 e. The van der Waals surface area contributed by atoms with Gasteiger partial charge in [-0.2, -0.15) is 0 Å². The Morgan fingerprint density at radius 2 is 2.45 bits per heavy atom. The van der Waals surface area contributed by atoms with E-state index < -0.39 is 12.2 Å². The van der Waals surface area contributed by atoms with Crippen molar-refractivity contribution in [2.24, 2.45) is 0 Å². The largest absolute Gasteiger partial charge is 0.391 e. The molecule has 2 N–H and O–H groups in total. The maximum absolute atomic E-state index is 9.31. The molecule has 1 heterocycles. The maximum atomic E-state index is 9.31. The summed E-state index contributed by atoms with van der Waals surface area (Å²) in [5.41, 5.74) is 0. The van der Waals surface area contributed by atoms with Crippen LogP contribution in [0.5, 0.6) is 0 Å². The van der Waals surface area contributed by atoms with Crippen molar-refractivity contribution in [1.82, 2.24) is 0 Å². The van der Waals surface area contributed by atoms with Crippen molar-refractivity contribution in [3.8, 4) is 0 Å². The van der Waals surface area contributed by atoms with Crippen LogP contribution in [-0.4, -0.2) is 48.8 Å². The van der Waals surface area contributed by atoms with Gasteiger partial charge in [0.15, 0.2) is 0 Å². The molecular formula is C7H14O4. The Kier molecular flexibility index (Phi) is 3.26. The van der Waals surface area contributed by atoms with Crippen LogP contribution in [0.4, 0.5) is 0 Å². The van der Waals surface area contributed by atoms with Crippen LogP contribution < -0.4 is 0 Å².